The lowest BCUT2D eigenvalue weighted by atomic mass is 9.96. The zero-order valence-electron chi connectivity index (χ0n) is 9.46. The van der Waals surface area contributed by atoms with Crippen LogP contribution in [-0.4, -0.2) is 31.1 Å². The molecule has 3 heteroatoms. The molecule has 3 N–H and O–H groups in total. The summed E-state index contributed by atoms with van der Waals surface area (Å²) in [5, 5.41) is 3.44. The highest BCUT2D eigenvalue weighted by Crippen LogP contribution is 2.07. The molecular formula is C11H24N2S. The third-order valence-corrected chi connectivity index (χ3v) is 3.28. The predicted molar refractivity (Wildman–Crippen MR) is 67.8 cm³/mol. The van der Waals surface area contributed by atoms with Crippen molar-refractivity contribution in [3.8, 4) is 0 Å². The third kappa shape index (κ3) is 7.42. The average molecular weight is 216 g/mol. The number of hydrogen-bond donors (Lipinski definition) is 2. The van der Waals surface area contributed by atoms with E-state index >= 15 is 0 Å². The fraction of sp³-hybridized carbons (Fsp3) is 0.818. The quantitative estimate of drug-likeness (QED) is 0.455. The van der Waals surface area contributed by atoms with Crippen LogP contribution in [0, 0.1) is 11.8 Å². The topological polar surface area (TPSA) is 38.0 Å². The van der Waals surface area contributed by atoms with Crippen LogP contribution in [-0.2, 0) is 0 Å². The first-order chi connectivity index (χ1) is 6.72. The molecule has 0 aromatic heterocycles. The monoisotopic (exact) mass is 216 g/mol. The molecule has 0 aromatic rings. The van der Waals surface area contributed by atoms with Gasteiger partial charge in [0.05, 0.1) is 0 Å². The first kappa shape index (κ1) is 14.0. The second-order valence-corrected chi connectivity index (χ2v) is 4.96. The Hall–Kier alpha value is 0.01000. The summed E-state index contributed by atoms with van der Waals surface area (Å²) in [6.45, 7) is 11.0. The fourth-order valence-corrected chi connectivity index (χ4v) is 1.81. The van der Waals surface area contributed by atoms with Gasteiger partial charge in [0, 0.05) is 18.1 Å². The van der Waals surface area contributed by atoms with Crippen LogP contribution >= 0.6 is 11.8 Å². The lowest BCUT2D eigenvalue weighted by Gasteiger charge is -2.19. The fourth-order valence-electron chi connectivity index (χ4n) is 1.19. The number of hydrogen-bond acceptors (Lipinski definition) is 3. The molecule has 0 fully saturated rings. The van der Waals surface area contributed by atoms with E-state index in [1.165, 1.54) is 0 Å². The highest BCUT2D eigenvalue weighted by Gasteiger charge is 2.09. The Labute approximate surface area is 92.7 Å². The molecule has 1 atom stereocenters. The Balaban J connectivity index is 3.28. The molecule has 0 aliphatic carbocycles. The van der Waals surface area contributed by atoms with Gasteiger partial charge in [0.15, 0.2) is 0 Å². The molecular weight excluding hydrogens is 192 g/mol. The van der Waals surface area contributed by atoms with E-state index < -0.39 is 0 Å². The SMILES string of the molecule is C=CCSCCNCC(CN)C(C)C. The molecule has 0 aliphatic heterocycles. The molecule has 0 aromatic carbocycles. The van der Waals surface area contributed by atoms with E-state index in [4.69, 9.17) is 5.73 Å². The first-order valence-corrected chi connectivity index (χ1v) is 6.47. The standard InChI is InChI=1S/C11H24N2S/c1-4-6-14-7-5-13-9-11(8-12)10(2)3/h4,10-11,13H,1,5-9,12H2,2-3H3. The van der Waals surface area contributed by atoms with E-state index in [0.717, 1.165) is 31.1 Å². The highest BCUT2D eigenvalue weighted by molar-refractivity contribution is 7.99. The van der Waals surface area contributed by atoms with Gasteiger partial charge in [-0.05, 0) is 24.9 Å². The van der Waals surface area contributed by atoms with Gasteiger partial charge in [0.1, 0.15) is 0 Å². The van der Waals surface area contributed by atoms with E-state index in [1.807, 2.05) is 17.8 Å². The van der Waals surface area contributed by atoms with Gasteiger partial charge in [-0.15, -0.1) is 6.58 Å². The van der Waals surface area contributed by atoms with Crippen molar-refractivity contribution in [1.82, 2.24) is 5.32 Å². The summed E-state index contributed by atoms with van der Waals surface area (Å²) in [7, 11) is 0. The molecule has 0 saturated heterocycles. The van der Waals surface area contributed by atoms with Crippen LogP contribution in [0.4, 0.5) is 0 Å². The van der Waals surface area contributed by atoms with Crippen LogP contribution in [0.25, 0.3) is 0 Å². The van der Waals surface area contributed by atoms with Crippen molar-refractivity contribution in [3.05, 3.63) is 12.7 Å². The molecule has 0 rings (SSSR count). The summed E-state index contributed by atoms with van der Waals surface area (Å²) in [6, 6.07) is 0. The maximum atomic E-state index is 5.68. The van der Waals surface area contributed by atoms with Gasteiger partial charge >= 0.3 is 0 Å². The van der Waals surface area contributed by atoms with E-state index in [-0.39, 0.29) is 0 Å². The molecule has 1 unspecified atom stereocenters. The van der Waals surface area contributed by atoms with Gasteiger partial charge in [0.25, 0.3) is 0 Å². The van der Waals surface area contributed by atoms with Gasteiger partial charge in [-0.3, -0.25) is 0 Å². The van der Waals surface area contributed by atoms with Crippen molar-refractivity contribution in [1.29, 1.82) is 0 Å². The molecule has 0 saturated carbocycles. The van der Waals surface area contributed by atoms with E-state index in [2.05, 4.69) is 25.7 Å². The van der Waals surface area contributed by atoms with Crippen LogP contribution in [0.2, 0.25) is 0 Å². The average Bonchev–Trinajstić information content (AvgIpc) is 2.16. The molecule has 0 spiro atoms. The van der Waals surface area contributed by atoms with Gasteiger partial charge in [-0.2, -0.15) is 11.8 Å². The van der Waals surface area contributed by atoms with Crippen molar-refractivity contribution < 1.29 is 0 Å². The zero-order valence-corrected chi connectivity index (χ0v) is 10.3. The molecule has 14 heavy (non-hydrogen) atoms. The highest BCUT2D eigenvalue weighted by atomic mass is 32.2. The van der Waals surface area contributed by atoms with Crippen LogP contribution < -0.4 is 11.1 Å². The summed E-state index contributed by atoms with van der Waals surface area (Å²) in [5.41, 5.74) is 5.68. The molecule has 0 heterocycles. The predicted octanol–water partition coefficient (Wildman–Crippen LogP) is 1.73. The maximum absolute atomic E-state index is 5.68. The summed E-state index contributed by atoms with van der Waals surface area (Å²) < 4.78 is 0. The van der Waals surface area contributed by atoms with Crippen molar-refractivity contribution >= 4 is 11.8 Å². The van der Waals surface area contributed by atoms with Crippen molar-refractivity contribution in [3.63, 3.8) is 0 Å². The number of nitrogens with one attached hydrogen (secondary N) is 1. The van der Waals surface area contributed by atoms with Crippen LogP contribution in [0.5, 0.6) is 0 Å². The van der Waals surface area contributed by atoms with E-state index in [0.29, 0.717) is 11.8 Å². The van der Waals surface area contributed by atoms with Crippen LogP contribution in [0.1, 0.15) is 13.8 Å². The first-order valence-electron chi connectivity index (χ1n) is 5.31. The van der Waals surface area contributed by atoms with Crippen molar-refractivity contribution in [2.24, 2.45) is 17.6 Å². The molecule has 84 valence electrons. The molecule has 0 bridgehead atoms. The Bertz CT molecular complexity index is 137. The lowest BCUT2D eigenvalue weighted by molar-refractivity contribution is 0.375. The van der Waals surface area contributed by atoms with Gasteiger partial charge in [-0.1, -0.05) is 19.9 Å². The minimum Gasteiger partial charge on any atom is -0.330 e. The zero-order chi connectivity index (χ0) is 10.8. The summed E-state index contributed by atoms with van der Waals surface area (Å²) in [4.78, 5) is 0. The molecule has 0 radical (unpaired) electrons. The molecule has 0 amide bonds. The van der Waals surface area contributed by atoms with Crippen LogP contribution in [0.15, 0.2) is 12.7 Å². The van der Waals surface area contributed by atoms with E-state index in [1.54, 1.807) is 0 Å². The number of thioether (sulfide) groups is 1. The van der Waals surface area contributed by atoms with Crippen molar-refractivity contribution in [2.75, 3.05) is 31.1 Å². The number of nitrogens with two attached hydrogens (primary N) is 1. The summed E-state index contributed by atoms with van der Waals surface area (Å²) >= 11 is 1.91. The maximum Gasteiger partial charge on any atom is 0.0111 e. The lowest BCUT2D eigenvalue weighted by Crippen LogP contribution is -2.32. The second kappa shape index (κ2) is 9.56. The largest absolute Gasteiger partial charge is 0.330 e. The normalized spacial score (nSPS) is 13.1. The van der Waals surface area contributed by atoms with Crippen LogP contribution in [0.3, 0.4) is 0 Å². The van der Waals surface area contributed by atoms with Gasteiger partial charge in [0.2, 0.25) is 0 Å². The Morgan fingerprint density at radius 1 is 1.50 bits per heavy atom. The summed E-state index contributed by atoms with van der Waals surface area (Å²) in [5.74, 6) is 3.49. The smallest absolute Gasteiger partial charge is 0.0111 e. The Morgan fingerprint density at radius 3 is 2.71 bits per heavy atom. The van der Waals surface area contributed by atoms with E-state index in [9.17, 15) is 0 Å². The Morgan fingerprint density at radius 2 is 2.21 bits per heavy atom. The Kier molecular flexibility index (Phi) is 9.57. The molecule has 0 aliphatic rings. The third-order valence-electron chi connectivity index (χ3n) is 2.31. The summed E-state index contributed by atoms with van der Waals surface area (Å²) in [6.07, 6.45) is 1.95. The molecule has 2 nitrogen and oxygen atoms in total. The van der Waals surface area contributed by atoms with Crippen molar-refractivity contribution in [2.45, 2.75) is 13.8 Å². The van der Waals surface area contributed by atoms with Gasteiger partial charge < -0.3 is 11.1 Å². The minimum absolute atomic E-state index is 0.611. The van der Waals surface area contributed by atoms with Gasteiger partial charge in [-0.25, -0.2) is 0 Å². The number of rotatable bonds is 9. The minimum atomic E-state index is 0.611. The second-order valence-electron chi connectivity index (χ2n) is 3.81.